The van der Waals surface area contributed by atoms with E-state index in [-0.39, 0.29) is 18.0 Å². The first kappa shape index (κ1) is 19.5. The molecule has 136 valence electrons. The lowest BCUT2D eigenvalue weighted by Crippen LogP contribution is -2.08. The minimum absolute atomic E-state index is 0.00942. The van der Waals surface area contributed by atoms with Crippen LogP contribution in [0.4, 0.5) is 4.39 Å². The van der Waals surface area contributed by atoms with Gasteiger partial charge in [-0.2, -0.15) is 5.26 Å². The van der Waals surface area contributed by atoms with E-state index < -0.39 is 5.97 Å². The molecule has 0 aliphatic heterocycles. The number of aromatic nitrogens is 1. The van der Waals surface area contributed by atoms with Crippen LogP contribution < -0.4 is 0 Å². The zero-order valence-electron chi connectivity index (χ0n) is 15.5. The van der Waals surface area contributed by atoms with E-state index in [9.17, 15) is 14.4 Å². The largest absolute Gasteiger partial charge is 0.457 e. The topological polar surface area (TPSA) is 55.0 Å². The molecule has 0 atom stereocenters. The summed E-state index contributed by atoms with van der Waals surface area (Å²) in [5, 5.41) is 9.33. The van der Waals surface area contributed by atoms with Gasteiger partial charge in [0, 0.05) is 17.9 Å². The van der Waals surface area contributed by atoms with Crippen molar-refractivity contribution in [2.45, 2.75) is 40.8 Å². The summed E-state index contributed by atoms with van der Waals surface area (Å²) in [6, 6.07) is 9.55. The van der Waals surface area contributed by atoms with Gasteiger partial charge in [0.25, 0.3) is 0 Å². The van der Waals surface area contributed by atoms with Gasteiger partial charge >= 0.3 is 5.97 Å². The van der Waals surface area contributed by atoms with Crippen LogP contribution in [-0.2, 0) is 22.7 Å². The predicted octanol–water partition coefficient (Wildman–Crippen LogP) is 4.55. The highest BCUT2D eigenvalue weighted by Gasteiger charge is 2.14. The Balaban J connectivity index is 2.15. The molecule has 0 N–H and O–H groups in total. The van der Waals surface area contributed by atoms with Gasteiger partial charge in [0.05, 0.1) is 0 Å². The Hall–Kier alpha value is -2.87. The number of nitrogens with zero attached hydrogens (tertiary/aromatic N) is 2. The molecule has 0 unspecified atom stereocenters. The van der Waals surface area contributed by atoms with Crippen LogP contribution in [0.3, 0.4) is 0 Å². The summed E-state index contributed by atoms with van der Waals surface area (Å²) in [6.07, 6.45) is 1.56. The number of hydrogen-bond donors (Lipinski definition) is 0. The molecule has 0 saturated carbocycles. The molecule has 1 heterocycles. The Bertz CT molecular complexity index is 855. The molecule has 2 rings (SSSR count). The average Bonchev–Trinajstić information content (AvgIpc) is 2.86. The van der Waals surface area contributed by atoms with Crippen molar-refractivity contribution in [1.29, 1.82) is 5.26 Å². The van der Waals surface area contributed by atoms with Crippen LogP contribution in [0, 0.1) is 36.9 Å². The Morgan fingerprint density at radius 2 is 1.96 bits per heavy atom. The van der Waals surface area contributed by atoms with Gasteiger partial charge in [-0.3, -0.25) is 0 Å². The summed E-state index contributed by atoms with van der Waals surface area (Å²) < 4.78 is 20.3. The van der Waals surface area contributed by atoms with Crippen LogP contribution in [-0.4, -0.2) is 10.5 Å². The summed E-state index contributed by atoms with van der Waals surface area (Å²) in [5.41, 5.74) is 3.53. The normalized spacial score (nSPS) is 11.5. The maximum absolute atomic E-state index is 12.9. The number of halogens is 1. The molecule has 0 aliphatic carbocycles. The summed E-state index contributed by atoms with van der Waals surface area (Å²) in [6.45, 7) is 9.13. The number of ether oxygens (including phenoxy) is 1. The van der Waals surface area contributed by atoms with Gasteiger partial charge in [0.2, 0.25) is 0 Å². The van der Waals surface area contributed by atoms with Crippen LogP contribution >= 0.6 is 0 Å². The van der Waals surface area contributed by atoms with Crippen molar-refractivity contribution in [2.24, 2.45) is 5.92 Å². The third-order valence-electron chi connectivity index (χ3n) is 4.08. The quantitative estimate of drug-likeness (QED) is 0.434. The number of benzene rings is 1. The number of aryl methyl sites for hydroxylation is 1. The van der Waals surface area contributed by atoms with E-state index in [1.165, 1.54) is 24.3 Å². The zero-order valence-corrected chi connectivity index (χ0v) is 15.5. The maximum Gasteiger partial charge on any atom is 0.349 e. The lowest BCUT2D eigenvalue weighted by atomic mass is 10.1. The minimum Gasteiger partial charge on any atom is -0.457 e. The molecule has 0 radical (unpaired) electrons. The van der Waals surface area contributed by atoms with Gasteiger partial charge in [-0.1, -0.05) is 26.0 Å². The van der Waals surface area contributed by atoms with Gasteiger partial charge in [-0.15, -0.1) is 0 Å². The highest BCUT2D eigenvalue weighted by molar-refractivity contribution is 5.98. The third kappa shape index (κ3) is 4.82. The molecule has 26 heavy (non-hydrogen) atoms. The number of hydrogen-bond acceptors (Lipinski definition) is 3. The molecule has 0 aliphatic rings. The zero-order chi connectivity index (χ0) is 19.3. The molecule has 2 aromatic rings. The molecule has 0 bridgehead atoms. The second kappa shape index (κ2) is 8.48. The molecule has 1 aromatic heterocycles. The smallest absolute Gasteiger partial charge is 0.349 e. The van der Waals surface area contributed by atoms with Crippen molar-refractivity contribution in [3.63, 3.8) is 0 Å². The van der Waals surface area contributed by atoms with E-state index in [0.29, 0.717) is 11.5 Å². The summed E-state index contributed by atoms with van der Waals surface area (Å²) >= 11 is 0. The summed E-state index contributed by atoms with van der Waals surface area (Å²) in [5.74, 6) is -0.548. The predicted molar refractivity (Wildman–Crippen MR) is 98.5 cm³/mol. The van der Waals surface area contributed by atoms with Crippen molar-refractivity contribution in [3.05, 3.63) is 64.2 Å². The maximum atomic E-state index is 12.9. The second-order valence-corrected chi connectivity index (χ2v) is 6.70. The van der Waals surface area contributed by atoms with Gasteiger partial charge < -0.3 is 9.30 Å². The standard InChI is InChI=1S/C21H23FN2O2/c1-14(2)12-24-15(3)9-18(16(24)4)10-19(11-23)21(25)26-13-17-5-7-20(22)8-6-17/h5-10,14H,12-13H2,1-4H3/b19-10+. The van der Waals surface area contributed by atoms with Crippen molar-refractivity contribution in [1.82, 2.24) is 4.57 Å². The first-order valence-electron chi connectivity index (χ1n) is 8.52. The van der Waals surface area contributed by atoms with Crippen LogP contribution in [0.15, 0.2) is 35.9 Å². The molecule has 0 fully saturated rings. The van der Waals surface area contributed by atoms with Crippen LogP contribution in [0.5, 0.6) is 0 Å². The number of carbonyl (C=O) groups is 1. The van der Waals surface area contributed by atoms with Crippen LogP contribution in [0.1, 0.15) is 36.4 Å². The van der Waals surface area contributed by atoms with E-state index >= 15 is 0 Å². The van der Waals surface area contributed by atoms with E-state index in [2.05, 4.69) is 18.4 Å². The number of nitriles is 1. The Morgan fingerprint density at radius 1 is 1.31 bits per heavy atom. The van der Waals surface area contributed by atoms with Crippen LogP contribution in [0.2, 0.25) is 0 Å². The van der Waals surface area contributed by atoms with Gasteiger partial charge in [-0.25, -0.2) is 9.18 Å². The van der Waals surface area contributed by atoms with Crippen LogP contribution in [0.25, 0.3) is 6.08 Å². The highest BCUT2D eigenvalue weighted by Crippen LogP contribution is 2.20. The molecular weight excluding hydrogens is 331 g/mol. The molecule has 1 aromatic carbocycles. The Labute approximate surface area is 153 Å². The lowest BCUT2D eigenvalue weighted by molar-refractivity contribution is -0.139. The average molecular weight is 354 g/mol. The highest BCUT2D eigenvalue weighted by atomic mass is 19.1. The van der Waals surface area contributed by atoms with Gasteiger partial charge in [0.1, 0.15) is 24.1 Å². The van der Waals surface area contributed by atoms with E-state index in [4.69, 9.17) is 4.74 Å². The lowest BCUT2D eigenvalue weighted by Gasteiger charge is -2.12. The number of carbonyl (C=O) groups excluding carboxylic acids is 1. The Kier molecular flexibility index (Phi) is 6.35. The number of esters is 1. The SMILES string of the molecule is Cc1cc(/C=C(\C#N)C(=O)OCc2ccc(F)cc2)c(C)n1CC(C)C. The summed E-state index contributed by atoms with van der Waals surface area (Å²) in [4.78, 5) is 12.2. The first-order valence-corrected chi connectivity index (χ1v) is 8.52. The van der Waals surface area contributed by atoms with E-state index in [0.717, 1.165) is 23.5 Å². The number of rotatable bonds is 6. The van der Waals surface area contributed by atoms with Crippen molar-refractivity contribution >= 4 is 12.0 Å². The molecule has 0 amide bonds. The molecule has 4 nitrogen and oxygen atoms in total. The monoisotopic (exact) mass is 354 g/mol. The fourth-order valence-corrected chi connectivity index (χ4v) is 2.72. The van der Waals surface area contributed by atoms with E-state index in [1.807, 2.05) is 26.0 Å². The summed E-state index contributed by atoms with van der Waals surface area (Å²) in [7, 11) is 0. The van der Waals surface area contributed by atoms with Gasteiger partial charge in [0.15, 0.2) is 0 Å². The second-order valence-electron chi connectivity index (χ2n) is 6.70. The minimum atomic E-state index is -0.689. The fourth-order valence-electron chi connectivity index (χ4n) is 2.72. The molecule has 5 heteroatoms. The molecular formula is C21H23FN2O2. The van der Waals surface area contributed by atoms with E-state index in [1.54, 1.807) is 6.08 Å². The Morgan fingerprint density at radius 3 is 2.54 bits per heavy atom. The van der Waals surface area contributed by atoms with Crippen molar-refractivity contribution < 1.29 is 13.9 Å². The van der Waals surface area contributed by atoms with Crippen molar-refractivity contribution in [2.75, 3.05) is 0 Å². The molecule has 0 spiro atoms. The fraction of sp³-hybridized carbons (Fsp3) is 0.333. The van der Waals surface area contributed by atoms with Gasteiger partial charge in [-0.05, 0) is 55.2 Å². The first-order chi connectivity index (χ1) is 12.3. The van der Waals surface area contributed by atoms with Crippen molar-refractivity contribution in [3.8, 4) is 6.07 Å². The molecule has 0 saturated heterocycles. The third-order valence-corrected chi connectivity index (χ3v) is 4.08.